The third kappa shape index (κ3) is 15.3. The monoisotopic (exact) mass is 1190 g/mol. The Morgan fingerprint density at radius 1 is 0.513 bits per heavy atom. The number of hydrogen-bond donors (Lipinski definition) is 0. The molecule has 0 bridgehead atoms. The molecule has 0 nitrogen and oxygen atoms in total. The van der Waals surface area contributed by atoms with Crippen LogP contribution in [-0.2, 0) is 71.2 Å². The first-order valence-corrected chi connectivity index (χ1v) is 31.8. The van der Waals surface area contributed by atoms with E-state index in [2.05, 4.69) is 70.2 Å². The first-order chi connectivity index (χ1) is 35.7. The molecule has 0 aliphatic carbocycles. The predicted octanol–water partition coefficient (Wildman–Crippen LogP) is 19.3. The van der Waals surface area contributed by atoms with Gasteiger partial charge in [-0.15, -0.1) is 74.6 Å². The first kappa shape index (κ1) is 60.6. The van der Waals surface area contributed by atoms with E-state index in [-0.39, 0.29) is 23.3 Å². The molecule has 402 valence electrons. The van der Waals surface area contributed by atoms with Crippen molar-refractivity contribution in [2.24, 2.45) is 11.8 Å². The van der Waals surface area contributed by atoms with Crippen LogP contribution in [0, 0.1) is 17.9 Å². The van der Waals surface area contributed by atoms with Gasteiger partial charge in [-0.25, -0.2) is 0 Å². The fourth-order valence-corrected chi connectivity index (χ4v) is 10.8. The van der Waals surface area contributed by atoms with Crippen molar-refractivity contribution in [3.05, 3.63) is 178 Å². The molecule has 0 fully saturated rings. The SMILES string of the molecule is CCCc1ccc2[cH-]c(CC(C)C)cc2c1-c1cc(C(F)(F)F)cc(C(F)(F)F)c1.CCCc1ccc2[cH-]c(CC(C)C)cc2c1-c1cc(C(F)(F)F)cc(C(F)(F)F)c1.[Cl][Zr][Cl].[c-]1cccc2c1[Si]c1ccccc1-2. The molecule has 9 rings (SSSR count). The Bertz CT molecular complexity index is 2950. The molecule has 0 saturated carbocycles. The summed E-state index contributed by atoms with van der Waals surface area (Å²) in [5.74, 6) is 0.761. The van der Waals surface area contributed by atoms with E-state index in [1.54, 1.807) is 0 Å². The minimum atomic E-state index is -4.87. The molecule has 0 aromatic heterocycles. The molecule has 0 saturated heterocycles. The van der Waals surface area contributed by atoms with E-state index in [0.29, 0.717) is 46.6 Å². The predicted molar refractivity (Wildman–Crippen MR) is 282 cm³/mol. The molecule has 0 N–H and O–H groups in total. The summed E-state index contributed by atoms with van der Waals surface area (Å²) in [7, 11) is 10.7. The Labute approximate surface area is 457 Å². The summed E-state index contributed by atoms with van der Waals surface area (Å²) in [4.78, 5) is 0. The van der Waals surface area contributed by atoms with Crippen molar-refractivity contribution in [1.29, 1.82) is 0 Å². The quantitative estimate of drug-likeness (QED) is 0.0727. The van der Waals surface area contributed by atoms with Crippen LogP contribution in [0.15, 0.2) is 127 Å². The molecule has 8 aromatic carbocycles. The summed E-state index contributed by atoms with van der Waals surface area (Å²) in [6.07, 6.45) is -15.3. The summed E-state index contributed by atoms with van der Waals surface area (Å²) < 4.78 is 161. The van der Waals surface area contributed by atoms with Crippen LogP contribution in [0.4, 0.5) is 52.7 Å². The zero-order valence-electron chi connectivity index (χ0n) is 42.3. The van der Waals surface area contributed by atoms with Gasteiger partial charge in [0.05, 0.1) is 31.8 Å². The van der Waals surface area contributed by atoms with Crippen molar-refractivity contribution in [3.8, 4) is 33.4 Å². The maximum absolute atomic E-state index is 13.4. The van der Waals surface area contributed by atoms with Gasteiger partial charge in [-0.2, -0.15) is 94.3 Å². The molecule has 2 radical (unpaired) electrons. The average molecular weight is 1190 g/mol. The van der Waals surface area contributed by atoms with Gasteiger partial charge in [-0.3, -0.25) is 0 Å². The van der Waals surface area contributed by atoms with Crippen LogP contribution in [-0.4, -0.2) is 9.52 Å². The first-order valence-electron chi connectivity index (χ1n) is 24.5. The fourth-order valence-electron chi connectivity index (χ4n) is 9.52. The topological polar surface area (TPSA) is 0 Å². The minimum absolute atomic E-state index is 0.0482. The summed E-state index contributed by atoms with van der Waals surface area (Å²) in [5.41, 5.74) is 1.98. The summed E-state index contributed by atoms with van der Waals surface area (Å²) >= 11 is -0.826. The van der Waals surface area contributed by atoms with Crippen molar-refractivity contribution < 1.29 is 73.5 Å². The molecule has 1 aliphatic heterocycles. The van der Waals surface area contributed by atoms with Crippen LogP contribution < -0.4 is 10.4 Å². The van der Waals surface area contributed by atoms with Crippen molar-refractivity contribution in [2.75, 3.05) is 0 Å². The molecule has 0 spiro atoms. The Kier molecular flexibility index (Phi) is 20.3. The van der Waals surface area contributed by atoms with E-state index >= 15 is 0 Å². The zero-order valence-corrected chi connectivity index (χ0v) is 47.3. The molecule has 1 heterocycles. The van der Waals surface area contributed by atoms with Crippen LogP contribution in [0.3, 0.4) is 0 Å². The summed E-state index contributed by atoms with van der Waals surface area (Å²) in [5, 5.41) is 5.87. The molecule has 76 heavy (non-hydrogen) atoms. The van der Waals surface area contributed by atoms with Gasteiger partial charge < -0.3 is 0 Å². The van der Waals surface area contributed by atoms with Crippen LogP contribution in [0.1, 0.15) is 98.9 Å². The number of benzene rings is 6. The van der Waals surface area contributed by atoms with Crippen LogP contribution in [0.25, 0.3) is 54.9 Å². The number of alkyl halides is 12. The minimum Gasteiger partial charge on any atom is -0.184 e. The zero-order chi connectivity index (χ0) is 55.9. The van der Waals surface area contributed by atoms with Crippen molar-refractivity contribution in [1.82, 2.24) is 0 Å². The van der Waals surface area contributed by atoms with Gasteiger partial charge in [0.25, 0.3) is 0 Å². The Balaban J connectivity index is 0.000000192. The molecule has 8 aromatic rings. The van der Waals surface area contributed by atoms with Gasteiger partial charge in [-0.1, -0.05) is 112 Å². The maximum atomic E-state index is 13.4. The Morgan fingerprint density at radius 3 is 1.26 bits per heavy atom. The van der Waals surface area contributed by atoms with Crippen LogP contribution in [0.2, 0.25) is 0 Å². The van der Waals surface area contributed by atoms with Gasteiger partial charge in [0.15, 0.2) is 0 Å². The molecule has 0 amide bonds. The third-order valence-electron chi connectivity index (χ3n) is 12.5. The normalized spacial score (nSPS) is 12.4. The molecular formula is C60H53Cl2F12SiZr-3. The van der Waals surface area contributed by atoms with E-state index < -0.39 is 67.8 Å². The second kappa shape index (κ2) is 25.4. The molecule has 1 aliphatic rings. The number of halogens is 14. The van der Waals surface area contributed by atoms with E-state index in [4.69, 9.17) is 17.0 Å². The second-order valence-corrected chi connectivity index (χ2v) is 24.4. The maximum Gasteiger partial charge on any atom is 0.0920 e. The van der Waals surface area contributed by atoms with Gasteiger partial charge >= 0.3 is 62.6 Å². The number of hydrogen-bond acceptors (Lipinski definition) is 0. The smallest absolute Gasteiger partial charge is 0.0920 e. The van der Waals surface area contributed by atoms with Crippen molar-refractivity contribution in [2.45, 2.75) is 105 Å². The van der Waals surface area contributed by atoms with Crippen molar-refractivity contribution in [3.63, 3.8) is 0 Å². The van der Waals surface area contributed by atoms with Gasteiger partial charge in [0.2, 0.25) is 0 Å². The van der Waals surface area contributed by atoms with E-state index in [1.807, 2.05) is 68.4 Å². The molecule has 0 atom stereocenters. The fraction of sp³-hybridized carbons (Fsp3) is 0.300. The summed E-state index contributed by atoms with van der Waals surface area (Å²) in [6.45, 7) is 12.1. The van der Waals surface area contributed by atoms with Gasteiger partial charge in [0.1, 0.15) is 0 Å². The Morgan fingerprint density at radius 2 is 0.895 bits per heavy atom. The Hall–Kier alpha value is -4.62. The van der Waals surface area contributed by atoms with Crippen molar-refractivity contribution >= 4 is 58.5 Å². The van der Waals surface area contributed by atoms with Gasteiger partial charge in [0, 0.05) is 0 Å². The van der Waals surface area contributed by atoms with E-state index in [0.717, 1.165) is 92.5 Å². The largest absolute Gasteiger partial charge is 0.184 e. The third-order valence-corrected chi connectivity index (χ3v) is 13.9. The number of aryl methyl sites for hydroxylation is 2. The standard InChI is InChI=1S/2C24H23F6.C12H7Si.2ClH.Zr/c2*1-4-5-16-6-7-17-9-15(8-14(2)3)10-21(17)22(16)18-11-19(23(25,26)27)13-20(12-18)24(28,29)30;1-3-7-11-9(5-1)10-6-2-4-8-12(10)13-11;;;/h2*6-7,9-14H,4-5,8H2,1-3H3;1-7H;2*1H;/q3*-1;;;+2/p-2. The number of fused-ring (bicyclic) bond motifs is 5. The second-order valence-electron chi connectivity index (χ2n) is 19.4. The summed E-state index contributed by atoms with van der Waals surface area (Å²) in [6, 6.07) is 37.0. The number of rotatable bonds is 10. The average Bonchev–Trinajstić information content (AvgIpc) is 4.05. The van der Waals surface area contributed by atoms with E-state index in [9.17, 15) is 52.7 Å². The molecule has 0 unspecified atom stereocenters. The van der Waals surface area contributed by atoms with Gasteiger partial charge in [-0.05, 0) is 85.0 Å². The van der Waals surface area contributed by atoms with Crippen LogP contribution in [0.5, 0.6) is 0 Å². The molecular weight excluding hydrogens is 1140 g/mol. The van der Waals surface area contributed by atoms with E-state index in [1.165, 1.54) is 21.5 Å². The van der Waals surface area contributed by atoms with Crippen LogP contribution >= 0.6 is 17.0 Å². The molecule has 16 heteroatoms.